The third kappa shape index (κ3) is 5.95. The minimum absolute atomic E-state index is 0.0231. The third-order valence-electron chi connectivity index (χ3n) is 7.41. The Balaban J connectivity index is 1.18. The topological polar surface area (TPSA) is 94.8 Å². The smallest absolute Gasteiger partial charge is 0.404 e. The molecule has 5 rings (SSSR count). The van der Waals surface area contributed by atoms with E-state index >= 15 is 0 Å². The Labute approximate surface area is 203 Å². The first-order chi connectivity index (χ1) is 15.4. The lowest BCUT2D eigenvalue weighted by molar-refractivity contribution is -0.201. The van der Waals surface area contributed by atoms with E-state index in [9.17, 15) is 4.79 Å². The van der Waals surface area contributed by atoms with Gasteiger partial charge in [-0.05, 0) is 91.7 Å². The minimum atomic E-state index is -0.996. The first-order valence-corrected chi connectivity index (χ1v) is 12.9. The summed E-state index contributed by atoms with van der Waals surface area (Å²) >= 11 is 2.38. The largest absolute Gasteiger partial charge is 0.465 e. The van der Waals surface area contributed by atoms with Crippen molar-refractivity contribution in [2.45, 2.75) is 64.0 Å². The number of carboxylic acid groups (broad SMARTS) is 1. The van der Waals surface area contributed by atoms with Gasteiger partial charge in [-0.1, -0.05) is 0 Å². The van der Waals surface area contributed by atoms with Gasteiger partial charge < -0.3 is 24.6 Å². The van der Waals surface area contributed by atoms with Crippen LogP contribution in [0.5, 0.6) is 0 Å². The fourth-order valence-electron chi connectivity index (χ4n) is 6.63. The zero-order valence-corrected chi connectivity index (χ0v) is 21.1. The SMILES string of the molecule is Cc1c(I)cnn1CC12CC3CC(C1)CC(OCCOCCOCCCNC(=O)O)(C3)C2. The molecule has 4 saturated carbocycles. The Hall–Kier alpha value is -0.910. The number of halogens is 1. The van der Waals surface area contributed by atoms with E-state index in [1.165, 1.54) is 41.4 Å². The van der Waals surface area contributed by atoms with Gasteiger partial charge >= 0.3 is 6.09 Å². The van der Waals surface area contributed by atoms with Gasteiger partial charge in [-0.25, -0.2) is 4.79 Å². The van der Waals surface area contributed by atoms with Crippen LogP contribution in [0.4, 0.5) is 4.79 Å². The van der Waals surface area contributed by atoms with Crippen LogP contribution in [0.15, 0.2) is 6.20 Å². The number of rotatable bonds is 13. The molecule has 180 valence electrons. The van der Waals surface area contributed by atoms with Crippen molar-refractivity contribution in [2.24, 2.45) is 17.3 Å². The second-order valence-corrected chi connectivity index (χ2v) is 11.2. The molecule has 0 spiro atoms. The van der Waals surface area contributed by atoms with E-state index in [0.29, 0.717) is 51.4 Å². The molecule has 4 fully saturated rings. The molecule has 4 aliphatic carbocycles. The molecule has 1 heterocycles. The van der Waals surface area contributed by atoms with Crippen LogP contribution in [0, 0.1) is 27.7 Å². The van der Waals surface area contributed by atoms with Crippen molar-refractivity contribution in [1.82, 2.24) is 15.1 Å². The summed E-state index contributed by atoms with van der Waals surface area (Å²) in [4.78, 5) is 10.4. The highest BCUT2D eigenvalue weighted by Gasteiger charge is 2.58. The Morgan fingerprint density at radius 1 is 1.19 bits per heavy atom. The molecular weight excluding hydrogens is 525 g/mol. The first-order valence-electron chi connectivity index (χ1n) is 11.8. The molecule has 0 saturated heterocycles. The molecule has 1 amide bonds. The van der Waals surface area contributed by atoms with Gasteiger partial charge in [0.2, 0.25) is 0 Å². The Morgan fingerprint density at radius 2 is 1.88 bits per heavy atom. The van der Waals surface area contributed by atoms with Crippen molar-refractivity contribution in [3.63, 3.8) is 0 Å². The predicted octanol–water partition coefficient (Wildman–Crippen LogP) is 3.84. The lowest BCUT2D eigenvalue weighted by Gasteiger charge is -2.61. The van der Waals surface area contributed by atoms with E-state index in [0.717, 1.165) is 24.8 Å². The molecule has 4 aliphatic rings. The van der Waals surface area contributed by atoms with Crippen LogP contribution in [-0.2, 0) is 20.8 Å². The molecular formula is C23H36IN3O5. The molecule has 0 radical (unpaired) electrons. The fraction of sp³-hybridized carbons (Fsp3) is 0.826. The zero-order chi connectivity index (χ0) is 22.6. The average molecular weight is 561 g/mol. The Bertz CT molecular complexity index is 772. The van der Waals surface area contributed by atoms with Crippen molar-refractivity contribution in [2.75, 3.05) is 39.6 Å². The second kappa shape index (κ2) is 10.6. The number of hydrogen-bond donors (Lipinski definition) is 2. The fourth-order valence-corrected chi connectivity index (χ4v) is 7.03. The van der Waals surface area contributed by atoms with Gasteiger partial charge in [0, 0.05) is 25.4 Å². The molecule has 4 bridgehead atoms. The highest BCUT2D eigenvalue weighted by Crippen LogP contribution is 2.63. The lowest BCUT2D eigenvalue weighted by Crippen LogP contribution is -2.58. The second-order valence-electron chi connectivity index (χ2n) is 10.0. The van der Waals surface area contributed by atoms with Gasteiger partial charge in [0.05, 0.1) is 41.8 Å². The van der Waals surface area contributed by atoms with E-state index in [2.05, 4.69) is 44.6 Å². The van der Waals surface area contributed by atoms with Gasteiger partial charge in [-0.15, -0.1) is 0 Å². The molecule has 8 nitrogen and oxygen atoms in total. The van der Waals surface area contributed by atoms with Crippen molar-refractivity contribution >= 4 is 28.7 Å². The molecule has 2 atom stereocenters. The monoisotopic (exact) mass is 561 g/mol. The lowest BCUT2D eigenvalue weighted by atomic mass is 9.48. The summed E-state index contributed by atoms with van der Waals surface area (Å²) in [6, 6.07) is 0. The van der Waals surface area contributed by atoms with Crippen molar-refractivity contribution in [3.8, 4) is 0 Å². The maximum Gasteiger partial charge on any atom is 0.404 e. The number of amides is 1. The molecule has 0 aromatic carbocycles. The summed E-state index contributed by atoms with van der Waals surface area (Å²) in [6.45, 7) is 6.42. The molecule has 2 N–H and O–H groups in total. The minimum Gasteiger partial charge on any atom is -0.465 e. The molecule has 0 aliphatic heterocycles. The number of aromatic nitrogens is 2. The number of carbonyl (C=O) groups is 1. The zero-order valence-electron chi connectivity index (χ0n) is 19.0. The van der Waals surface area contributed by atoms with Gasteiger partial charge in [0.15, 0.2) is 0 Å². The molecule has 1 aromatic heterocycles. The highest BCUT2D eigenvalue weighted by molar-refractivity contribution is 14.1. The van der Waals surface area contributed by atoms with Crippen LogP contribution in [0.1, 0.15) is 50.6 Å². The number of nitrogens with zero attached hydrogens (tertiary/aromatic N) is 2. The van der Waals surface area contributed by atoms with Crippen LogP contribution in [0.2, 0.25) is 0 Å². The summed E-state index contributed by atoms with van der Waals surface area (Å²) in [7, 11) is 0. The van der Waals surface area contributed by atoms with Crippen molar-refractivity contribution < 1.29 is 24.1 Å². The van der Waals surface area contributed by atoms with E-state index in [4.69, 9.17) is 19.3 Å². The van der Waals surface area contributed by atoms with E-state index in [-0.39, 0.29) is 5.60 Å². The van der Waals surface area contributed by atoms with Gasteiger partial charge in [0.25, 0.3) is 0 Å². The first kappa shape index (κ1) is 24.2. The number of nitrogens with one attached hydrogen (secondary N) is 1. The Morgan fingerprint density at radius 3 is 2.53 bits per heavy atom. The van der Waals surface area contributed by atoms with E-state index in [1.807, 2.05) is 6.20 Å². The van der Waals surface area contributed by atoms with E-state index < -0.39 is 6.09 Å². The predicted molar refractivity (Wildman–Crippen MR) is 128 cm³/mol. The molecule has 2 unspecified atom stereocenters. The maximum atomic E-state index is 10.4. The Kier molecular flexibility index (Phi) is 8.00. The summed E-state index contributed by atoms with van der Waals surface area (Å²) in [5.74, 6) is 1.58. The number of ether oxygens (including phenoxy) is 3. The van der Waals surface area contributed by atoms with E-state index in [1.54, 1.807) is 0 Å². The molecule has 1 aromatic rings. The summed E-state index contributed by atoms with van der Waals surface area (Å²) in [5, 5.41) is 15.5. The van der Waals surface area contributed by atoms with Crippen molar-refractivity contribution in [1.29, 1.82) is 0 Å². The molecule has 9 heteroatoms. The van der Waals surface area contributed by atoms with Crippen LogP contribution in [0.25, 0.3) is 0 Å². The third-order valence-corrected chi connectivity index (χ3v) is 8.47. The normalized spacial score (nSPS) is 30.7. The summed E-state index contributed by atoms with van der Waals surface area (Å²) in [5.41, 5.74) is 1.63. The highest BCUT2D eigenvalue weighted by atomic mass is 127. The summed E-state index contributed by atoms with van der Waals surface area (Å²) in [6.07, 6.45) is 9.22. The van der Waals surface area contributed by atoms with Crippen LogP contribution < -0.4 is 5.32 Å². The van der Waals surface area contributed by atoms with Crippen LogP contribution in [0.3, 0.4) is 0 Å². The van der Waals surface area contributed by atoms with Gasteiger partial charge in [-0.2, -0.15) is 5.10 Å². The quantitative estimate of drug-likeness (QED) is 0.281. The average Bonchev–Trinajstić information content (AvgIpc) is 3.02. The standard InChI is InChI=1S/C23H36IN3O5/c1-17-20(24)14-26-27(17)16-22-10-18-9-19(11-22)13-23(12-18,15-22)32-8-7-31-6-5-30-4-2-3-25-21(28)29/h14,18-19,25H,2-13,15-16H2,1H3,(H,28,29). The number of hydrogen-bond acceptors (Lipinski definition) is 5. The van der Waals surface area contributed by atoms with Gasteiger partial charge in [0.1, 0.15) is 0 Å². The van der Waals surface area contributed by atoms with Crippen LogP contribution in [-0.4, -0.2) is 66.2 Å². The maximum absolute atomic E-state index is 10.4. The molecule has 32 heavy (non-hydrogen) atoms. The summed E-state index contributed by atoms with van der Waals surface area (Å²) < 4.78 is 21.2. The van der Waals surface area contributed by atoms with Gasteiger partial charge in [-0.3, -0.25) is 4.68 Å². The van der Waals surface area contributed by atoms with Crippen LogP contribution >= 0.6 is 22.6 Å². The van der Waals surface area contributed by atoms with Crippen molar-refractivity contribution in [3.05, 3.63) is 15.5 Å².